The van der Waals surface area contributed by atoms with Crippen LogP contribution in [-0.2, 0) is 12.0 Å². The standard InChI is InChI=1S/C16H19N3S/c1-16(2,15-7-5-9-20-15)12-17-10-13-11-18-19-8-4-3-6-14(13)19/h3-9,11,17H,10,12H2,1-2H3. The van der Waals surface area contributed by atoms with E-state index >= 15 is 0 Å². The van der Waals surface area contributed by atoms with E-state index in [4.69, 9.17) is 0 Å². The van der Waals surface area contributed by atoms with Gasteiger partial charge in [0.25, 0.3) is 0 Å². The minimum atomic E-state index is 0.164. The van der Waals surface area contributed by atoms with Crippen LogP contribution in [0.25, 0.3) is 5.52 Å². The molecule has 0 amide bonds. The fraction of sp³-hybridized carbons (Fsp3) is 0.312. The summed E-state index contributed by atoms with van der Waals surface area (Å²) in [4.78, 5) is 1.42. The Bertz CT molecular complexity index is 683. The summed E-state index contributed by atoms with van der Waals surface area (Å²) in [5.74, 6) is 0. The van der Waals surface area contributed by atoms with E-state index in [0.29, 0.717) is 0 Å². The summed E-state index contributed by atoms with van der Waals surface area (Å²) in [5, 5.41) is 10.1. The van der Waals surface area contributed by atoms with Crippen LogP contribution >= 0.6 is 11.3 Å². The summed E-state index contributed by atoms with van der Waals surface area (Å²) in [7, 11) is 0. The first-order valence-electron chi connectivity index (χ1n) is 6.83. The highest BCUT2D eigenvalue weighted by atomic mass is 32.1. The first-order valence-corrected chi connectivity index (χ1v) is 7.71. The molecule has 0 radical (unpaired) electrons. The smallest absolute Gasteiger partial charge is 0.0706 e. The van der Waals surface area contributed by atoms with Crippen LogP contribution < -0.4 is 5.32 Å². The van der Waals surface area contributed by atoms with Gasteiger partial charge < -0.3 is 5.32 Å². The van der Waals surface area contributed by atoms with Crippen molar-refractivity contribution in [3.63, 3.8) is 0 Å². The van der Waals surface area contributed by atoms with Gasteiger partial charge in [0.1, 0.15) is 0 Å². The van der Waals surface area contributed by atoms with Crippen LogP contribution in [0.5, 0.6) is 0 Å². The minimum absolute atomic E-state index is 0.164. The number of nitrogens with zero attached hydrogens (tertiary/aromatic N) is 2. The Balaban J connectivity index is 1.66. The molecule has 0 fully saturated rings. The number of nitrogens with one attached hydrogen (secondary N) is 1. The Labute approximate surface area is 123 Å². The highest BCUT2D eigenvalue weighted by Gasteiger charge is 2.21. The molecule has 0 aromatic carbocycles. The second-order valence-corrected chi connectivity index (χ2v) is 6.61. The zero-order valence-corrected chi connectivity index (χ0v) is 12.7. The van der Waals surface area contributed by atoms with E-state index in [1.165, 1.54) is 16.0 Å². The zero-order chi connectivity index (χ0) is 14.0. The lowest BCUT2D eigenvalue weighted by molar-refractivity contribution is 0.477. The van der Waals surface area contributed by atoms with Crippen LogP contribution in [0, 0.1) is 0 Å². The second kappa shape index (κ2) is 5.38. The van der Waals surface area contributed by atoms with Crippen molar-refractivity contribution in [1.29, 1.82) is 0 Å². The maximum absolute atomic E-state index is 4.36. The zero-order valence-electron chi connectivity index (χ0n) is 11.8. The van der Waals surface area contributed by atoms with Gasteiger partial charge in [-0.3, -0.25) is 0 Å². The van der Waals surface area contributed by atoms with Crippen LogP contribution in [0.3, 0.4) is 0 Å². The van der Waals surface area contributed by atoms with Gasteiger partial charge in [-0.05, 0) is 23.6 Å². The average Bonchev–Trinajstić information content (AvgIpc) is 3.08. The van der Waals surface area contributed by atoms with Gasteiger partial charge in [0, 0.05) is 35.1 Å². The molecule has 3 rings (SSSR count). The quantitative estimate of drug-likeness (QED) is 0.778. The lowest BCUT2D eigenvalue weighted by Gasteiger charge is -2.23. The van der Waals surface area contributed by atoms with Gasteiger partial charge in [-0.2, -0.15) is 5.10 Å². The summed E-state index contributed by atoms with van der Waals surface area (Å²) in [6.45, 7) is 6.36. The first-order chi connectivity index (χ1) is 9.67. The van der Waals surface area contributed by atoms with Crippen molar-refractivity contribution in [1.82, 2.24) is 14.9 Å². The molecule has 0 unspecified atom stereocenters. The molecule has 0 aliphatic rings. The van der Waals surface area contributed by atoms with Gasteiger partial charge in [-0.1, -0.05) is 26.0 Å². The summed E-state index contributed by atoms with van der Waals surface area (Å²) in [5.41, 5.74) is 2.58. The van der Waals surface area contributed by atoms with Crippen molar-refractivity contribution >= 4 is 16.9 Å². The molecule has 4 heteroatoms. The molecule has 0 aliphatic heterocycles. The molecule has 3 nitrogen and oxygen atoms in total. The van der Waals surface area contributed by atoms with E-state index in [9.17, 15) is 0 Å². The number of rotatable bonds is 5. The molecule has 3 heterocycles. The van der Waals surface area contributed by atoms with Gasteiger partial charge in [-0.25, -0.2) is 4.52 Å². The molecular weight excluding hydrogens is 266 g/mol. The number of fused-ring (bicyclic) bond motifs is 1. The normalized spacial score (nSPS) is 12.1. The van der Waals surface area contributed by atoms with E-state index in [0.717, 1.165) is 13.1 Å². The predicted molar refractivity (Wildman–Crippen MR) is 84.2 cm³/mol. The molecule has 0 atom stereocenters. The number of hydrogen-bond acceptors (Lipinski definition) is 3. The van der Waals surface area contributed by atoms with Crippen LogP contribution in [0.1, 0.15) is 24.3 Å². The van der Waals surface area contributed by atoms with E-state index in [1.807, 2.05) is 34.3 Å². The Kier molecular flexibility index (Phi) is 3.59. The average molecular weight is 285 g/mol. The summed E-state index contributed by atoms with van der Waals surface area (Å²) in [6.07, 6.45) is 3.93. The highest BCUT2D eigenvalue weighted by molar-refractivity contribution is 7.10. The molecule has 0 saturated carbocycles. The van der Waals surface area contributed by atoms with Crippen LogP contribution in [0.2, 0.25) is 0 Å². The molecule has 3 aromatic rings. The molecule has 104 valence electrons. The largest absolute Gasteiger partial charge is 0.312 e. The lowest BCUT2D eigenvalue weighted by atomic mass is 9.91. The molecule has 0 spiro atoms. The molecule has 0 saturated heterocycles. The van der Waals surface area contributed by atoms with Gasteiger partial charge >= 0.3 is 0 Å². The van der Waals surface area contributed by atoms with Crippen molar-refractivity contribution in [2.75, 3.05) is 6.54 Å². The van der Waals surface area contributed by atoms with Gasteiger partial charge in [-0.15, -0.1) is 11.3 Å². The SMILES string of the molecule is CC(C)(CNCc1cnn2ccccc12)c1cccs1. The number of pyridine rings is 1. The van der Waals surface area contributed by atoms with Crippen molar-refractivity contribution in [3.8, 4) is 0 Å². The molecule has 3 aromatic heterocycles. The van der Waals surface area contributed by atoms with Crippen molar-refractivity contribution in [2.45, 2.75) is 25.8 Å². The van der Waals surface area contributed by atoms with Crippen LogP contribution in [-0.4, -0.2) is 16.2 Å². The Morgan fingerprint density at radius 1 is 1.25 bits per heavy atom. The summed E-state index contributed by atoms with van der Waals surface area (Å²) < 4.78 is 1.92. The van der Waals surface area contributed by atoms with Crippen molar-refractivity contribution in [3.05, 3.63) is 58.5 Å². The second-order valence-electron chi connectivity index (χ2n) is 5.66. The third-order valence-corrected chi connectivity index (χ3v) is 4.81. The Hall–Kier alpha value is -1.65. The van der Waals surface area contributed by atoms with Gasteiger partial charge in [0.05, 0.1) is 11.7 Å². The maximum Gasteiger partial charge on any atom is 0.0706 e. The number of aromatic nitrogens is 2. The Morgan fingerprint density at radius 3 is 2.95 bits per heavy atom. The van der Waals surface area contributed by atoms with Crippen molar-refractivity contribution < 1.29 is 0 Å². The van der Waals surface area contributed by atoms with Gasteiger partial charge in [0.15, 0.2) is 0 Å². The fourth-order valence-electron chi connectivity index (χ4n) is 2.38. The fourth-order valence-corrected chi connectivity index (χ4v) is 3.24. The molecule has 0 bridgehead atoms. The van der Waals surface area contributed by atoms with E-state index in [1.54, 1.807) is 0 Å². The van der Waals surface area contributed by atoms with Gasteiger partial charge in [0.2, 0.25) is 0 Å². The number of hydrogen-bond donors (Lipinski definition) is 1. The molecule has 20 heavy (non-hydrogen) atoms. The molecule has 1 N–H and O–H groups in total. The highest BCUT2D eigenvalue weighted by Crippen LogP contribution is 2.26. The molecule has 0 aliphatic carbocycles. The van der Waals surface area contributed by atoms with Crippen LogP contribution in [0.15, 0.2) is 48.1 Å². The summed E-state index contributed by atoms with van der Waals surface area (Å²) >= 11 is 1.82. The van der Waals surface area contributed by atoms with E-state index in [2.05, 4.69) is 53.9 Å². The lowest BCUT2D eigenvalue weighted by Crippen LogP contribution is -2.31. The maximum atomic E-state index is 4.36. The van der Waals surface area contributed by atoms with Crippen molar-refractivity contribution in [2.24, 2.45) is 0 Å². The third kappa shape index (κ3) is 2.62. The first kappa shape index (κ1) is 13.3. The Morgan fingerprint density at radius 2 is 2.15 bits per heavy atom. The van der Waals surface area contributed by atoms with Crippen LogP contribution in [0.4, 0.5) is 0 Å². The minimum Gasteiger partial charge on any atom is -0.312 e. The molecular formula is C16H19N3S. The monoisotopic (exact) mass is 285 g/mol. The number of thiophene rings is 1. The topological polar surface area (TPSA) is 29.3 Å². The van der Waals surface area contributed by atoms with E-state index < -0.39 is 0 Å². The predicted octanol–water partition coefficient (Wildman–Crippen LogP) is 3.46. The third-order valence-electron chi connectivity index (χ3n) is 3.58. The summed E-state index contributed by atoms with van der Waals surface area (Å²) in [6, 6.07) is 10.5. The van der Waals surface area contributed by atoms with E-state index in [-0.39, 0.29) is 5.41 Å².